The molecule has 1 amide bonds. The summed E-state index contributed by atoms with van der Waals surface area (Å²) < 4.78 is 5.43. The van der Waals surface area contributed by atoms with E-state index in [-0.39, 0.29) is 30.5 Å². The van der Waals surface area contributed by atoms with Gasteiger partial charge < -0.3 is 14.7 Å². The van der Waals surface area contributed by atoms with Crippen LogP contribution in [-0.4, -0.2) is 96.9 Å². The standard InChI is InChI=1S/C27H35N3O3/c31-20-25-27(23-10-8-22(9-11-23)21-6-2-1-3-7-21)24-18-29(12-4-5-13-30(24)25)26(32)19-28-14-16-33-17-15-28/h1-3,6-11,24-25,27,31H,4-5,12-20H2/t24-,25+,27+/m1/s1. The minimum Gasteiger partial charge on any atom is -0.395 e. The van der Waals surface area contributed by atoms with E-state index in [2.05, 4.69) is 63.2 Å². The minimum atomic E-state index is 0.131. The Balaban J connectivity index is 1.31. The molecule has 0 saturated carbocycles. The highest BCUT2D eigenvalue weighted by Crippen LogP contribution is 2.42. The predicted molar refractivity (Wildman–Crippen MR) is 129 cm³/mol. The second kappa shape index (κ2) is 10.3. The van der Waals surface area contributed by atoms with E-state index in [0.29, 0.717) is 19.8 Å². The summed E-state index contributed by atoms with van der Waals surface area (Å²) >= 11 is 0. The highest BCUT2D eigenvalue weighted by molar-refractivity contribution is 5.78. The summed E-state index contributed by atoms with van der Waals surface area (Å²) in [6, 6.07) is 19.6. The van der Waals surface area contributed by atoms with Gasteiger partial charge >= 0.3 is 0 Å². The smallest absolute Gasteiger partial charge is 0.236 e. The van der Waals surface area contributed by atoms with Crippen LogP contribution < -0.4 is 0 Å². The number of fused-ring (bicyclic) bond motifs is 1. The van der Waals surface area contributed by atoms with Gasteiger partial charge in [0.05, 0.1) is 26.4 Å². The van der Waals surface area contributed by atoms with Crippen LogP contribution in [0.2, 0.25) is 0 Å². The van der Waals surface area contributed by atoms with Gasteiger partial charge in [-0.05, 0) is 36.1 Å². The Kier molecular flexibility index (Phi) is 7.07. The normalized spacial score (nSPS) is 26.7. The Bertz CT molecular complexity index is 914. The molecule has 3 fully saturated rings. The van der Waals surface area contributed by atoms with E-state index < -0.39 is 0 Å². The Morgan fingerprint density at radius 2 is 1.61 bits per heavy atom. The third-order valence-corrected chi connectivity index (χ3v) is 7.59. The molecule has 0 radical (unpaired) electrons. The lowest BCUT2D eigenvalue weighted by Gasteiger charge is -2.57. The lowest BCUT2D eigenvalue weighted by Crippen LogP contribution is -2.68. The molecule has 33 heavy (non-hydrogen) atoms. The number of benzene rings is 2. The molecule has 0 spiro atoms. The zero-order chi connectivity index (χ0) is 22.6. The molecule has 6 nitrogen and oxygen atoms in total. The van der Waals surface area contributed by atoms with Crippen molar-refractivity contribution >= 4 is 5.91 Å². The molecule has 3 aliphatic rings. The van der Waals surface area contributed by atoms with Gasteiger partial charge in [0.25, 0.3) is 0 Å². The summed E-state index contributed by atoms with van der Waals surface area (Å²) in [5, 5.41) is 10.2. The topological polar surface area (TPSA) is 56.2 Å². The number of rotatable bonds is 5. The fourth-order valence-corrected chi connectivity index (χ4v) is 5.75. The highest BCUT2D eigenvalue weighted by Gasteiger charge is 2.49. The van der Waals surface area contributed by atoms with Crippen LogP contribution in [-0.2, 0) is 9.53 Å². The van der Waals surface area contributed by atoms with Crippen LogP contribution in [0.5, 0.6) is 0 Å². The molecule has 0 bridgehead atoms. The van der Waals surface area contributed by atoms with Crippen LogP contribution in [0.15, 0.2) is 54.6 Å². The summed E-state index contributed by atoms with van der Waals surface area (Å²) in [6.07, 6.45) is 2.08. The highest BCUT2D eigenvalue weighted by atomic mass is 16.5. The van der Waals surface area contributed by atoms with Crippen molar-refractivity contribution in [2.24, 2.45) is 0 Å². The number of aliphatic hydroxyl groups is 1. The first-order valence-corrected chi connectivity index (χ1v) is 12.3. The van der Waals surface area contributed by atoms with Gasteiger partial charge in [-0.3, -0.25) is 14.6 Å². The van der Waals surface area contributed by atoms with Gasteiger partial charge in [0.2, 0.25) is 5.91 Å². The number of ether oxygens (including phenoxy) is 1. The molecule has 2 aromatic carbocycles. The van der Waals surface area contributed by atoms with Crippen LogP contribution in [0.4, 0.5) is 0 Å². The van der Waals surface area contributed by atoms with Crippen LogP contribution >= 0.6 is 0 Å². The largest absolute Gasteiger partial charge is 0.395 e. The van der Waals surface area contributed by atoms with Crippen molar-refractivity contribution in [3.05, 3.63) is 60.2 Å². The summed E-state index contributed by atoms with van der Waals surface area (Å²) in [6.45, 7) is 6.29. The molecule has 176 valence electrons. The van der Waals surface area contributed by atoms with Crippen LogP contribution in [0.3, 0.4) is 0 Å². The summed E-state index contributed by atoms with van der Waals surface area (Å²) in [4.78, 5) is 19.9. The molecule has 3 atom stereocenters. The molecular weight excluding hydrogens is 414 g/mol. The maximum absolute atomic E-state index is 13.2. The van der Waals surface area contributed by atoms with E-state index in [1.807, 2.05) is 6.07 Å². The molecule has 5 rings (SSSR count). The predicted octanol–water partition coefficient (Wildman–Crippen LogP) is 2.44. The number of carbonyl (C=O) groups excluding carboxylic acids is 1. The van der Waals surface area contributed by atoms with E-state index in [1.54, 1.807) is 0 Å². The van der Waals surface area contributed by atoms with Crippen molar-refractivity contribution in [3.8, 4) is 11.1 Å². The molecule has 6 heteroatoms. The van der Waals surface area contributed by atoms with E-state index in [0.717, 1.165) is 45.6 Å². The molecule has 3 heterocycles. The van der Waals surface area contributed by atoms with E-state index in [1.165, 1.54) is 16.7 Å². The third kappa shape index (κ3) is 4.85. The van der Waals surface area contributed by atoms with Gasteiger partial charge in [0.1, 0.15) is 0 Å². The number of nitrogens with zero attached hydrogens (tertiary/aromatic N) is 3. The lowest BCUT2D eigenvalue weighted by atomic mass is 9.74. The van der Waals surface area contributed by atoms with Gasteiger partial charge in [0, 0.05) is 44.2 Å². The quantitative estimate of drug-likeness (QED) is 0.760. The number of carbonyl (C=O) groups is 1. The van der Waals surface area contributed by atoms with Crippen molar-refractivity contribution in [2.45, 2.75) is 30.8 Å². The van der Waals surface area contributed by atoms with Gasteiger partial charge in [-0.25, -0.2) is 0 Å². The number of hydrogen-bond acceptors (Lipinski definition) is 5. The van der Waals surface area contributed by atoms with Gasteiger partial charge in [-0.2, -0.15) is 0 Å². The van der Waals surface area contributed by atoms with Crippen molar-refractivity contribution in [1.29, 1.82) is 0 Å². The van der Waals surface area contributed by atoms with Crippen LogP contribution in [0.25, 0.3) is 11.1 Å². The molecule has 2 aromatic rings. The van der Waals surface area contributed by atoms with Crippen molar-refractivity contribution in [1.82, 2.24) is 14.7 Å². The Labute approximate surface area is 196 Å². The zero-order valence-electron chi connectivity index (χ0n) is 19.3. The maximum Gasteiger partial charge on any atom is 0.236 e. The molecule has 0 unspecified atom stereocenters. The molecular formula is C27H35N3O3. The lowest BCUT2D eigenvalue weighted by molar-refractivity contribution is -0.138. The molecule has 1 N–H and O–H groups in total. The van der Waals surface area contributed by atoms with E-state index >= 15 is 0 Å². The SMILES string of the molecule is O=C(CN1CCOCC1)N1CCCCN2[C@H](C1)[C@H](c1ccc(-c3ccccc3)cc1)[C@@H]2CO. The molecule has 0 aromatic heterocycles. The van der Waals surface area contributed by atoms with E-state index in [9.17, 15) is 9.90 Å². The second-order valence-electron chi connectivity index (χ2n) is 9.50. The Morgan fingerprint density at radius 3 is 2.33 bits per heavy atom. The van der Waals surface area contributed by atoms with Crippen molar-refractivity contribution in [2.75, 3.05) is 59.1 Å². The Morgan fingerprint density at radius 1 is 0.909 bits per heavy atom. The molecule has 3 saturated heterocycles. The van der Waals surface area contributed by atoms with Gasteiger partial charge in [0.15, 0.2) is 0 Å². The second-order valence-corrected chi connectivity index (χ2v) is 9.50. The summed E-state index contributed by atoms with van der Waals surface area (Å²) in [5.41, 5.74) is 3.68. The monoisotopic (exact) mass is 449 g/mol. The fraction of sp³-hybridized carbons (Fsp3) is 0.519. The average molecular weight is 450 g/mol. The third-order valence-electron chi connectivity index (χ3n) is 7.59. The van der Waals surface area contributed by atoms with E-state index in [4.69, 9.17) is 4.74 Å². The molecule has 3 aliphatic heterocycles. The summed E-state index contributed by atoms with van der Waals surface area (Å²) in [7, 11) is 0. The molecule has 0 aliphatic carbocycles. The van der Waals surface area contributed by atoms with Crippen LogP contribution in [0.1, 0.15) is 24.3 Å². The zero-order valence-corrected chi connectivity index (χ0v) is 19.3. The fourth-order valence-electron chi connectivity index (χ4n) is 5.75. The van der Waals surface area contributed by atoms with Crippen LogP contribution in [0, 0.1) is 0 Å². The first-order valence-electron chi connectivity index (χ1n) is 12.3. The first-order chi connectivity index (χ1) is 16.2. The van der Waals surface area contributed by atoms with Gasteiger partial charge in [-0.1, -0.05) is 54.6 Å². The van der Waals surface area contributed by atoms with Crippen molar-refractivity contribution < 1.29 is 14.6 Å². The first kappa shape index (κ1) is 22.5. The average Bonchev–Trinajstić information content (AvgIpc) is 2.84. The summed E-state index contributed by atoms with van der Waals surface area (Å²) in [5.74, 6) is 0.473. The number of aliphatic hydroxyl groups excluding tert-OH is 1. The number of amides is 1. The Hall–Kier alpha value is -2.25. The minimum absolute atomic E-state index is 0.131. The van der Waals surface area contributed by atoms with Crippen molar-refractivity contribution in [3.63, 3.8) is 0 Å². The van der Waals surface area contributed by atoms with Gasteiger partial charge in [-0.15, -0.1) is 0 Å². The number of morpholine rings is 1. The number of hydrogen-bond donors (Lipinski definition) is 1. The maximum atomic E-state index is 13.2.